The van der Waals surface area contributed by atoms with Gasteiger partial charge in [0.25, 0.3) is 11.8 Å². The molecule has 0 radical (unpaired) electrons. The number of ether oxygens (including phenoxy) is 1. The average Bonchev–Trinajstić information content (AvgIpc) is 2.83. The summed E-state index contributed by atoms with van der Waals surface area (Å²) in [5.41, 5.74) is 3.48. The first-order valence-corrected chi connectivity index (χ1v) is 13.0. The lowest BCUT2D eigenvalue weighted by atomic mass is 10.1. The third kappa shape index (κ3) is 7.05. The van der Waals surface area contributed by atoms with Crippen molar-refractivity contribution in [1.29, 1.82) is 0 Å². The van der Waals surface area contributed by atoms with Crippen molar-refractivity contribution in [2.45, 2.75) is 32.2 Å². The van der Waals surface area contributed by atoms with Gasteiger partial charge in [-0.2, -0.15) is 5.10 Å². The number of nitrogens with zero attached hydrogens (tertiary/aromatic N) is 3. The molecule has 0 saturated carbocycles. The van der Waals surface area contributed by atoms with Crippen LogP contribution in [0.1, 0.15) is 31.7 Å². The number of anilines is 1. The first kappa shape index (κ1) is 25.2. The van der Waals surface area contributed by atoms with Gasteiger partial charge in [0.1, 0.15) is 11.8 Å². The van der Waals surface area contributed by atoms with E-state index in [2.05, 4.69) is 10.5 Å². The van der Waals surface area contributed by atoms with E-state index < -0.39 is 22.0 Å². The second-order valence-electron chi connectivity index (χ2n) is 8.10. The summed E-state index contributed by atoms with van der Waals surface area (Å²) in [6.07, 6.45) is 5.73. The number of para-hydroxylation sites is 1. The molecule has 1 heterocycles. The largest absolute Gasteiger partial charge is 0.484 e. The lowest BCUT2D eigenvalue weighted by Gasteiger charge is -2.27. The minimum Gasteiger partial charge on any atom is -0.484 e. The van der Waals surface area contributed by atoms with E-state index in [-0.39, 0.29) is 12.5 Å². The van der Waals surface area contributed by atoms with Gasteiger partial charge in [-0.3, -0.25) is 13.9 Å². The lowest BCUT2D eigenvalue weighted by Crippen LogP contribution is -2.46. The van der Waals surface area contributed by atoms with Gasteiger partial charge in [-0.25, -0.2) is 13.8 Å². The van der Waals surface area contributed by atoms with Gasteiger partial charge >= 0.3 is 0 Å². The van der Waals surface area contributed by atoms with E-state index in [4.69, 9.17) is 4.74 Å². The van der Waals surface area contributed by atoms with Crippen molar-refractivity contribution in [3.8, 4) is 5.75 Å². The minimum absolute atomic E-state index is 0.000365. The molecule has 10 heteroatoms. The predicted molar refractivity (Wildman–Crippen MR) is 131 cm³/mol. The molecule has 1 aliphatic heterocycles. The fourth-order valence-electron chi connectivity index (χ4n) is 3.68. The summed E-state index contributed by atoms with van der Waals surface area (Å²) in [4.78, 5) is 26.6. The van der Waals surface area contributed by atoms with Crippen LogP contribution >= 0.6 is 0 Å². The Kier molecular flexibility index (Phi) is 8.64. The third-order valence-electron chi connectivity index (χ3n) is 5.44. The Morgan fingerprint density at radius 3 is 2.35 bits per heavy atom. The number of piperidine rings is 1. The Morgan fingerprint density at radius 2 is 1.74 bits per heavy atom. The van der Waals surface area contributed by atoms with Crippen molar-refractivity contribution in [2.75, 3.05) is 30.3 Å². The van der Waals surface area contributed by atoms with Crippen LogP contribution in [0.3, 0.4) is 0 Å². The number of rotatable bonds is 9. The second-order valence-corrected chi connectivity index (χ2v) is 9.96. The van der Waals surface area contributed by atoms with Crippen molar-refractivity contribution in [3.63, 3.8) is 0 Å². The van der Waals surface area contributed by atoms with E-state index in [0.29, 0.717) is 17.0 Å². The van der Waals surface area contributed by atoms with Gasteiger partial charge in [0.05, 0.1) is 18.2 Å². The van der Waals surface area contributed by atoms with Crippen LogP contribution in [0.4, 0.5) is 5.69 Å². The summed E-state index contributed by atoms with van der Waals surface area (Å²) < 4.78 is 31.2. The van der Waals surface area contributed by atoms with Gasteiger partial charge in [0.2, 0.25) is 10.0 Å². The monoisotopic (exact) mass is 486 g/mol. The zero-order valence-corrected chi connectivity index (χ0v) is 20.2. The van der Waals surface area contributed by atoms with Crippen molar-refractivity contribution in [3.05, 3.63) is 60.2 Å². The van der Waals surface area contributed by atoms with Crippen LogP contribution in [0.2, 0.25) is 0 Å². The molecule has 1 N–H and O–H groups in total. The molecule has 0 bridgehead atoms. The molecule has 3 rings (SSSR count). The van der Waals surface area contributed by atoms with Crippen LogP contribution in [-0.4, -0.2) is 63.3 Å². The summed E-state index contributed by atoms with van der Waals surface area (Å²) in [6, 6.07) is 14.3. The van der Waals surface area contributed by atoms with Crippen LogP contribution in [0.25, 0.3) is 0 Å². The molecule has 1 atom stereocenters. The maximum Gasteiger partial charge on any atom is 0.263 e. The van der Waals surface area contributed by atoms with Crippen molar-refractivity contribution >= 4 is 33.7 Å². The van der Waals surface area contributed by atoms with Gasteiger partial charge in [0, 0.05) is 13.1 Å². The number of nitrogens with one attached hydrogen (secondary N) is 1. The molecular weight excluding hydrogens is 456 g/mol. The summed E-state index contributed by atoms with van der Waals surface area (Å²) >= 11 is 0. The smallest absolute Gasteiger partial charge is 0.263 e. The molecule has 2 aromatic carbocycles. The Bertz CT molecular complexity index is 1100. The molecule has 182 valence electrons. The zero-order chi connectivity index (χ0) is 24.6. The quantitative estimate of drug-likeness (QED) is 0.432. The fraction of sp³-hybridized carbons (Fsp3) is 0.375. The molecule has 0 aliphatic carbocycles. The van der Waals surface area contributed by atoms with Gasteiger partial charge in [-0.15, -0.1) is 0 Å². The maximum atomic E-state index is 12.5. The Balaban J connectivity index is 1.53. The predicted octanol–water partition coefficient (Wildman–Crippen LogP) is 2.38. The summed E-state index contributed by atoms with van der Waals surface area (Å²) in [5, 5.41) is 3.94. The van der Waals surface area contributed by atoms with E-state index in [1.165, 1.54) is 13.1 Å². The number of hydrogen-bond acceptors (Lipinski definition) is 6. The molecular formula is C24H30N4O5S. The SMILES string of the molecule is C[C@H](C(=O)N/N=C\c1ccc(OCC(=O)N2CCCCC2)cc1)N(c1ccccc1)S(C)(=O)=O. The number of benzene rings is 2. The number of hydrogen-bond donors (Lipinski definition) is 1. The number of carbonyl (C=O) groups is 2. The molecule has 1 aliphatic rings. The van der Waals surface area contributed by atoms with E-state index >= 15 is 0 Å². The van der Waals surface area contributed by atoms with Crippen molar-refractivity contribution in [1.82, 2.24) is 10.3 Å². The van der Waals surface area contributed by atoms with Gasteiger partial charge in [0.15, 0.2) is 6.61 Å². The van der Waals surface area contributed by atoms with Crippen LogP contribution in [0.15, 0.2) is 59.7 Å². The Morgan fingerprint density at radius 1 is 1.09 bits per heavy atom. The first-order valence-electron chi connectivity index (χ1n) is 11.1. The third-order valence-corrected chi connectivity index (χ3v) is 6.68. The second kappa shape index (κ2) is 11.6. The fourth-order valence-corrected chi connectivity index (χ4v) is 4.85. The number of carbonyl (C=O) groups excluding carboxylic acids is 2. The molecule has 1 saturated heterocycles. The molecule has 0 aromatic heterocycles. The normalized spacial score (nSPS) is 15.1. The Labute approximate surface area is 200 Å². The maximum absolute atomic E-state index is 12.5. The number of sulfonamides is 1. The van der Waals surface area contributed by atoms with E-state index in [1.54, 1.807) is 54.6 Å². The number of amides is 2. The summed E-state index contributed by atoms with van der Waals surface area (Å²) in [5.74, 6) is -0.0191. The number of likely N-dealkylation sites (tertiary alicyclic amines) is 1. The summed E-state index contributed by atoms with van der Waals surface area (Å²) in [6.45, 7) is 3.07. The highest BCUT2D eigenvalue weighted by Crippen LogP contribution is 2.20. The zero-order valence-electron chi connectivity index (χ0n) is 19.4. The summed E-state index contributed by atoms with van der Waals surface area (Å²) in [7, 11) is -3.68. The molecule has 0 unspecified atom stereocenters. The number of hydrazone groups is 1. The minimum atomic E-state index is -3.68. The van der Waals surface area contributed by atoms with Crippen LogP contribution in [0.5, 0.6) is 5.75 Å². The van der Waals surface area contributed by atoms with E-state index in [1.807, 2.05) is 4.90 Å². The molecule has 1 fully saturated rings. The highest BCUT2D eigenvalue weighted by Gasteiger charge is 2.28. The van der Waals surface area contributed by atoms with E-state index in [9.17, 15) is 18.0 Å². The Hall–Kier alpha value is -3.40. The highest BCUT2D eigenvalue weighted by atomic mass is 32.2. The molecule has 0 spiro atoms. The van der Waals surface area contributed by atoms with Gasteiger partial charge in [-0.1, -0.05) is 18.2 Å². The topological polar surface area (TPSA) is 108 Å². The standard InChI is InChI=1S/C24H30N4O5S/c1-19(28(34(2,31)32)21-9-5-3-6-10-21)24(30)26-25-17-20-11-13-22(14-12-20)33-18-23(29)27-15-7-4-8-16-27/h3,5-6,9-14,17,19H,4,7-8,15-16,18H2,1-2H3,(H,26,30)/b25-17-/t19-/m1/s1. The van der Waals surface area contributed by atoms with Crippen LogP contribution in [-0.2, 0) is 19.6 Å². The van der Waals surface area contributed by atoms with Crippen molar-refractivity contribution < 1.29 is 22.7 Å². The molecule has 34 heavy (non-hydrogen) atoms. The molecule has 2 aromatic rings. The van der Waals surface area contributed by atoms with Crippen LogP contribution in [0, 0.1) is 0 Å². The average molecular weight is 487 g/mol. The van der Waals surface area contributed by atoms with E-state index in [0.717, 1.165) is 42.9 Å². The first-order chi connectivity index (χ1) is 16.3. The van der Waals surface area contributed by atoms with Gasteiger partial charge in [-0.05, 0) is 68.1 Å². The molecule has 9 nitrogen and oxygen atoms in total. The van der Waals surface area contributed by atoms with Gasteiger partial charge < -0.3 is 9.64 Å². The highest BCUT2D eigenvalue weighted by molar-refractivity contribution is 7.92. The lowest BCUT2D eigenvalue weighted by molar-refractivity contribution is -0.134. The van der Waals surface area contributed by atoms with Crippen molar-refractivity contribution in [2.24, 2.45) is 5.10 Å². The van der Waals surface area contributed by atoms with Crippen LogP contribution < -0.4 is 14.5 Å². The molecule has 2 amide bonds.